The van der Waals surface area contributed by atoms with Crippen LogP contribution in [-0.2, 0) is 4.79 Å². The first kappa shape index (κ1) is 15.2. The van der Waals surface area contributed by atoms with Crippen LogP contribution in [0.3, 0.4) is 0 Å². The van der Waals surface area contributed by atoms with Crippen molar-refractivity contribution < 1.29 is 14.3 Å². The van der Waals surface area contributed by atoms with Crippen molar-refractivity contribution in [1.82, 2.24) is 10.2 Å². The Bertz CT molecular complexity index is 525. The molecule has 6 heteroatoms. The zero-order valence-electron chi connectivity index (χ0n) is 12.2. The molecular formula is C15H21N3O3. The van der Waals surface area contributed by atoms with Crippen LogP contribution in [0.15, 0.2) is 18.2 Å². The number of nitrogens with one attached hydrogen (secondary N) is 1. The van der Waals surface area contributed by atoms with Crippen molar-refractivity contribution in [3.8, 4) is 5.75 Å². The predicted molar refractivity (Wildman–Crippen MR) is 80.2 cm³/mol. The Morgan fingerprint density at radius 3 is 2.67 bits per heavy atom. The molecule has 1 aromatic rings. The molecular weight excluding hydrogens is 270 g/mol. The number of carbonyl (C=O) groups excluding carboxylic acids is 2. The number of para-hydroxylation sites is 1. The van der Waals surface area contributed by atoms with Gasteiger partial charge in [-0.25, -0.2) is 0 Å². The minimum atomic E-state index is -0.364. The molecule has 1 heterocycles. The average molecular weight is 291 g/mol. The maximum absolute atomic E-state index is 12.1. The summed E-state index contributed by atoms with van der Waals surface area (Å²) in [7, 11) is 1.49. The second-order valence-corrected chi connectivity index (χ2v) is 5.05. The molecule has 1 fully saturated rings. The van der Waals surface area contributed by atoms with Gasteiger partial charge in [0.1, 0.15) is 5.75 Å². The largest absolute Gasteiger partial charge is 0.495 e. The van der Waals surface area contributed by atoms with Crippen molar-refractivity contribution in [2.75, 3.05) is 32.5 Å². The van der Waals surface area contributed by atoms with E-state index in [-0.39, 0.29) is 24.0 Å². The molecule has 3 N–H and O–H groups in total. The van der Waals surface area contributed by atoms with Gasteiger partial charge in [-0.2, -0.15) is 0 Å². The number of ether oxygens (including phenoxy) is 1. The third kappa shape index (κ3) is 3.65. The van der Waals surface area contributed by atoms with Gasteiger partial charge in [0.2, 0.25) is 5.91 Å². The first-order valence-corrected chi connectivity index (χ1v) is 7.12. The second-order valence-electron chi connectivity index (χ2n) is 5.05. The summed E-state index contributed by atoms with van der Waals surface area (Å²) in [5.41, 5.74) is 6.46. The van der Waals surface area contributed by atoms with E-state index < -0.39 is 0 Å². The van der Waals surface area contributed by atoms with Gasteiger partial charge in [-0.3, -0.25) is 9.59 Å². The maximum Gasteiger partial charge on any atom is 0.253 e. The molecule has 0 atom stereocenters. The monoisotopic (exact) mass is 291 g/mol. The Kier molecular flexibility index (Phi) is 5.03. The van der Waals surface area contributed by atoms with E-state index in [1.54, 1.807) is 23.1 Å². The van der Waals surface area contributed by atoms with Gasteiger partial charge in [0.15, 0.2) is 0 Å². The Morgan fingerprint density at radius 2 is 2.00 bits per heavy atom. The SMILES string of the molecule is COc1cccc(C(=O)NCC(=O)N2CCCCC2)c1N. The van der Waals surface area contributed by atoms with Crippen molar-refractivity contribution in [1.29, 1.82) is 0 Å². The first-order chi connectivity index (χ1) is 10.1. The second kappa shape index (κ2) is 6.97. The summed E-state index contributed by atoms with van der Waals surface area (Å²) in [6.45, 7) is 1.54. The van der Waals surface area contributed by atoms with Crippen LogP contribution < -0.4 is 15.8 Å². The van der Waals surface area contributed by atoms with Gasteiger partial charge >= 0.3 is 0 Å². The molecule has 1 aromatic carbocycles. The van der Waals surface area contributed by atoms with Crippen molar-refractivity contribution in [2.45, 2.75) is 19.3 Å². The van der Waals surface area contributed by atoms with Gasteiger partial charge in [0.25, 0.3) is 5.91 Å². The van der Waals surface area contributed by atoms with Gasteiger partial charge in [0, 0.05) is 13.1 Å². The van der Waals surface area contributed by atoms with Gasteiger partial charge in [-0.15, -0.1) is 0 Å². The van der Waals surface area contributed by atoms with Crippen LogP contribution in [0.25, 0.3) is 0 Å². The number of rotatable bonds is 4. The minimum absolute atomic E-state index is 0.00448. The maximum atomic E-state index is 12.1. The van der Waals surface area contributed by atoms with E-state index >= 15 is 0 Å². The van der Waals surface area contributed by atoms with Crippen LogP contribution in [0.5, 0.6) is 5.75 Å². The third-order valence-corrected chi connectivity index (χ3v) is 3.64. The molecule has 0 saturated carbocycles. The summed E-state index contributed by atoms with van der Waals surface area (Å²) in [6, 6.07) is 4.99. The van der Waals surface area contributed by atoms with Gasteiger partial charge in [-0.05, 0) is 31.4 Å². The van der Waals surface area contributed by atoms with Gasteiger partial charge in [-0.1, -0.05) is 6.07 Å². The fourth-order valence-electron chi connectivity index (χ4n) is 2.43. The van der Waals surface area contributed by atoms with Crippen LogP contribution in [0.4, 0.5) is 5.69 Å². The molecule has 0 bridgehead atoms. The fraction of sp³-hybridized carbons (Fsp3) is 0.467. The Hall–Kier alpha value is -2.24. The van der Waals surface area contributed by atoms with Gasteiger partial charge < -0.3 is 20.7 Å². The molecule has 2 rings (SSSR count). The first-order valence-electron chi connectivity index (χ1n) is 7.12. The number of nitrogens with zero attached hydrogens (tertiary/aromatic N) is 1. The summed E-state index contributed by atoms with van der Waals surface area (Å²) in [4.78, 5) is 25.9. The number of hydrogen-bond acceptors (Lipinski definition) is 4. The lowest BCUT2D eigenvalue weighted by Gasteiger charge is -2.26. The number of anilines is 1. The standard InChI is InChI=1S/C15H21N3O3/c1-21-12-7-5-6-11(14(12)16)15(20)17-10-13(19)18-8-3-2-4-9-18/h5-7H,2-4,8-10,16H2,1H3,(H,17,20). The van der Waals surface area contributed by atoms with Crippen LogP contribution in [0.1, 0.15) is 29.6 Å². The molecule has 1 saturated heterocycles. The van der Waals surface area contributed by atoms with Crippen LogP contribution >= 0.6 is 0 Å². The zero-order valence-corrected chi connectivity index (χ0v) is 12.2. The number of benzene rings is 1. The topological polar surface area (TPSA) is 84.7 Å². The van der Waals surface area contributed by atoms with E-state index in [4.69, 9.17) is 10.5 Å². The summed E-state index contributed by atoms with van der Waals surface area (Å²) < 4.78 is 5.08. The zero-order chi connectivity index (χ0) is 15.2. The van der Waals surface area contributed by atoms with E-state index in [0.717, 1.165) is 32.4 Å². The quantitative estimate of drug-likeness (QED) is 0.811. The number of piperidine rings is 1. The van der Waals surface area contributed by atoms with Crippen molar-refractivity contribution in [3.05, 3.63) is 23.8 Å². The molecule has 0 aromatic heterocycles. The minimum Gasteiger partial charge on any atom is -0.495 e. The summed E-state index contributed by atoms with van der Waals surface area (Å²) in [6.07, 6.45) is 3.22. The molecule has 21 heavy (non-hydrogen) atoms. The Morgan fingerprint density at radius 1 is 1.29 bits per heavy atom. The van der Waals surface area contributed by atoms with E-state index in [9.17, 15) is 9.59 Å². The lowest BCUT2D eigenvalue weighted by Crippen LogP contribution is -2.42. The summed E-state index contributed by atoms with van der Waals surface area (Å²) in [5, 5.41) is 2.62. The lowest BCUT2D eigenvalue weighted by atomic mass is 10.1. The Labute approximate surface area is 124 Å². The van der Waals surface area contributed by atoms with E-state index in [2.05, 4.69) is 5.32 Å². The van der Waals surface area contributed by atoms with Crippen molar-refractivity contribution in [2.24, 2.45) is 0 Å². The highest BCUT2D eigenvalue weighted by atomic mass is 16.5. The Balaban J connectivity index is 1.94. The van der Waals surface area contributed by atoms with Crippen LogP contribution in [0, 0.1) is 0 Å². The number of hydrogen-bond donors (Lipinski definition) is 2. The van der Waals surface area contributed by atoms with Gasteiger partial charge in [0.05, 0.1) is 24.9 Å². The molecule has 0 spiro atoms. The third-order valence-electron chi connectivity index (χ3n) is 3.64. The molecule has 1 aliphatic heterocycles. The van der Waals surface area contributed by atoms with Crippen molar-refractivity contribution >= 4 is 17.5 Å². The molecule has 0 aliphatic carbocycles. The average Bonchev–Trinajstić information content (AvgIpc) is 2.53. The normalized spacial score (nSPS) is 14.6. The number of nitrogens with two attached hydrogens (primary N) is 1. The molecule has 0 unspecified atom stereocenters. The number of methoxy groups -OCH3 is 1. The predicted octanol–water partition coefficient (Wildman–Crippen LogP) is 1.02. The molecule has 0 radical (unpaired) electrons. The van der Waals surface area contributed by atoms with Crippen LogP contribution in [0.2, 0.25) is 0 Å². The summed E-state index contributed by atoms with van der Waals surface area (Å²) >= 11 is 0. The highest BCUT2D eigenvalue weighted by Crippen LogP contribution is 2.24. The highest BCUT2D eigenvalue weighted by Gasteiger charge is 2.18. The molecule has 6 nitrogen and oxygen atoms in total. The lowest BCUT2D eigenvalue weighted by molar-refractivity contribution is -0.130. The molecule has 1 aliphatic rings. The molecule has 114 valence electrons. The summed E-state index contributed by atoms with van der Waals surface area (Å²) in [5.74, 6) is 0.0336. The van der Waals surface area contributed by atoms with E-state index in [1.165, 1.54) is 7.11 Å². The molecule has 2 amide bonds. The van der Waals surface area contributed by atoms with E-state index in [1.807, 2.05) is 0 Å². The fourth-order valence-corrected chi connectivity index (χ4v) is 2.43. The number of carbonyl (C=O) groups is 2. The smallest absolute Gasteiger partial charge is 0.253 e. The van der Waals surface area contributed by atoms with Crippen LogP contribution in [-0.4, -0.2) is 43.5 Å². The highest BCUT2D eigenvalue weighted by molar-refractivity contribution is 6.01. The number of likely N-dealkylation sites (tertiary alicyclic amines) is 1. The number of amides is 2. The number of nitrogen functional groups attached to an aromatic ring is 1. The van der Waals surface area contributed by atoms with Crippen molar-refractivity contribution in [3.63, 3.8) is 0 Å². The van der Waals surface area contributed by atoms with E-state index in [0.29, 0.717) is 11.3 Å².